The SMILES string of the molecule is C/C(=N\Oc1ccc(F)cc1)c1cc(Cl)ccc1NS(=O)(=O)C(F)(F)F. The predicted octanol–water partition coefficient (Wildman–Crippen LogP) is 4.54. The Morgan fingerprint density at radius 2 is 1.77 bits per heavy atom. The van der Waals surface area contributed by atoms with Gasteiger partial charge in [-0.05, 0) is 49.4 Å². The summed E-state index contributed by atoms with van der Waals surface area (Å²) in [5, 5.41) is 3.85. The van der Waals surface area contributed by atoms with Gasteiger partial charge in [-0.2, -0.15) is 21.6 Å². The first-order valence-electron chi connectivity index (χ1n) is 6.86. The summed E-state index contributed by atoms with van der Waals surface area (Å²) in [7, 11) is -5.62. The van der Waals surface area contributed by atoms with Crippen LogP contribution in [0.1, 0.15) is 12.5 Å². The lowest BCUT2D eigenvalue weighted by atomic mass is 10.1. The van der Waals surface area contributed by atoms with Crippen LogP contribution in [-0.2, 0) is 10.0 Å². The van der Waals surface area contributed by atoms with Crippen molar-refractivity contribution in [1.29, 1.82) is 0 Å². The van der Waals surface area contributed by atoms with E-state index in [4.69, 9.17) is 16.4 Å². The molecule has 11 heteroatoms. The molecule has 0 aliphatic rings. The molecule has 2 rings (SSSR count). The van der Waals surface area contributed by atoms with E-state index in [0.717, 1.165) is 18.2 Å². The van der Waals surface area contributed by atoms with Gasteiger partial charge in [-0.1, -0.05) is 16.8 Å². The van der Waals surface area contributed by atoms with E-state index >= 15 is 0 Å². The lowest BCUT2D eigenvalue weighted by Gasteiger charge is -2.14. The highest BCUT2D eigenvalue weighted by molar-refractivity contribution is 7.93. The topological polar surface area (TPSA) is 67.8 Å². The second-order valence-electron chi connectivity index (χ2n) is 4.96. The minimum Gasteiger partial charge on any atom is -0.357 e. The molecule has 0 saturated heterocycles. The second-order valence-corrected chi connectivity index (χ2v) is 7.07. The minimum absolute atomic E-state index is 0.0209. The Morgan fingerprint density at radius 3 is 2.35 bits per heavy atom. The Kier molecular flexibility index (Phi) is 5.77. The summed E-state index contributed by atoms with van der Waals surface area (Å²) in [6.45, 7) is 1.38. The third-order valence-electron chi connectivity index (χ3n) is 3.02. The Labute approximate surface area is 151 Å². The van der Waals surface area contributed by atoms with Crippen LogP contribution in [0.5, 0.6) is 5.75 Å². The van der Waals surface area contributed by atoms with Crippen LogP contribution in [0.15, 0.2) is 47.6 Å². The molecule has 0 aliphatic heterocycles. The third kappa shape index (κ3) is 4.85. The quantitative estimate of drug-likeness (QED) is 0.447. The van der Waals surface area contributed by atoms with Gasteiger partial charge in [-0.3, -0.25) is 4.72 Å². The summed E-state index contributed by atoms with van der Waals surface area (Å²) in [6.07, 6.45) is 0. The molecular formula is C15H11ClF4N2O3S. The first-order chi connectivity index (χ1) is 12.0. The number of nitrogens with zero attached hydrogens (tertiary/aromatic N) is 1. The number of alkyl halides is 3. The largest absolute Gasteiger partial charge is 0.516 e. The molecule has 0 unspecified atom stereocenters. The van der Waals surface area contributed by atoms with Crippen LogP contribution in [0.4, 0.5) is 23.2 Å². The van der Waals surface area contributed by atoms with Gasteiger partial charge in [-0.25, -0.2) is 4.39 Å². The van der Waals surface area contributed by atoms with E-state index < -0.39 is 21.3 Å². The maximum absolute atomic E-state index is 12.8. The summed E-state index contributed by atoms with van der Waals surface area (Å²) < 4.78 is 74.6. The molecule has 0 spiro atoms. The van der Waals surface area contributed by atoms with Crippen LogP contribution < -0.4 is 9.56 Å². The average molecular weight is 411 g/mol. The number of oxime groups is 1. The van der Waals surface area contributed by atoms with Crippen LogP contribution in [0.2, 0.25) is 5.02 Å². The summed E-state index contributed by atoms with van der Waals surface area (Å²) >= 11 is 5.82. The Balaban J connectivity index is 2.34. The fourth-order valence-electron chi connectivity index (χ4n) is 1.77. The minimum atomic E-state index is -5.62. The molecule has 0 saturated carbocycles. The van der Waals surface area contributed by atoms with Gasteiger partial charge in [0.05, 0.1) is 11.4 Å². The molecule has 2 aromatic carbocycles. The monoisotopic (exact) mass is 410 g/mol. The van der Waals surface area contributed by atoms with Gasteiger partial charge < -0.3 is 4.84 Å². The van der Waals surface area contributed by atoms with Gasteiger partial charge in [-0.15, -0.1) is 0 Å². The number of benzene rings is 2. The molecule has 0 heterocycles. The first-order valence-corrected chi connectivity index (χ1v) is 8.72. The second kappa shape index (κ2) is 7.50. The third-order valence-corrected chi connectivity index (χ3v) is 4.36. The zero-order valence-corrected chi connectivity index (χ0v) is 14.6. The van der Waals surface area contributed by atoms with Crippen LogP contribution in [0, 0.1) is 5.82 Å². The lowest BCUT2D eigenvalue weighted by molar-refractivity contribution is -0.0429. The van der Waals surface area contributed by atoms with Crippen LogP contribution in [0.3, 0.4) is 0 Å². The summed E-state index contributed by atoms with van der Waals surface area (Å²) in [4.78, 5) is 5.05. The highest BCUT2D eigenvalue weighted by Crippen LogP contribution is 2.29. The van der Waals surface area contributed by atoms with Gasteiger partial charge in [0, 0.05) is 10.6 Å². The predicted molar refractivity (Wildman–Crippen MR) is 89.3 cm³/mol. The molecule has 0 amide bonds. The van der Waals surface area contributed by atoms with Crippen molar-refractivity contribution in [2.45, 2.75) is 12.4 Å². The van der Waals surface area contributed by atoms with Crippen molar-refractivity contribution >= 4 is 33.0 Å². The van der Waals surface area contributed by atoms with Gasteiger partial charge in [0.25, 0.3) is 0 Å². The van der Waals surface area contributed by atoms with E-state index in [-0.39, 0.29) is 27.7 Å². The number of anilines is 1. The molecular weight excluding hydrogens is 400 g/mol. The van der Waals surface area contributed by atoms with E-state index in [1.807, 2.05) is 0 Å². The van der Waals surface area contributed by atoms with Gasteiger partial charge in [0.1, 0.15) is 5.82 Å². The zero-order chi connectivity index (χ0) is 19.5. The normalized spacial score (nSPS) is 12.8. The van der Waals surface area contributed by atoms with E-state index in [1.165, 1.54) is 35.9 Å². The molecule has 0 fully saturated rings. The van der Waals surface area contributed by atoms with Gasteiger partial charge in [0.2, 0.25) is 0 Å². The number of hydrogen-bond donors (Lipinski definition) is 1. The lowest BCUT2D eigenvalue weighted by Crippen LogP contribution is -2.30. The molecule has 0 radical (unpaired) electrons. The smallest absolute Gasteiger partial charge is 0.357 e. The number of rotatable bonds is 5. The zero-order valence-electron chi connectivity index (χ0n) is 13.0. The fourth-order valence-corrected chi connectivity index (χ4v) is 2.53. The maximum Gasteiger partial charge on any atom is 0.516 e. The molecule has 0 bridgehead atoms. The van der Waals surface area contributed by atoms with Gasteiger partial charge in [0.15, 0.2) is 5.75 Å². The van der Waals surface area contributed by atoms with Crippen LogP contribution in [0.25, 0.3) is 0 Å². The molecule has 5 nitrogen and oxygen atoms in total. The van der Waals surface area contributed by atoms with Crippen molar-refractivity contribution in [2.75, 3.05) is 4.72 Å². The summed E-state index contributed by atoms with van der Waals surface area (Å²) in [5.41, 5.74) is -5.85. The first kappa shape index (κ1) is 20.0. The molecule has 0 aliphatic carbocycles. The van der Waals surface area contributed by atoms with Crippen molar-refractivity contribution in [1.82, 2.24) is 0 Å². The Hall–Kier alpha value is -2.33. The van der Waals surface area contributed by atoms with Crippen molar-refractivity contribution in [3.63, 3.8) is 0 Å². The Bertz CT molecular complexity index is 929. The van der Waals surface area contributed by atoms with E-state index in [2.05, 4.69) is 5.16 Å². The molecule has 26 heavy (non-hydrogen) atoms. The fraction of sp³-hybridized carbons (Fsp3) is 0.133. The number of halogens is 5. The molecule has 1 N–H and O–H groups in total. The van der Waals surface area contributed by atoms with Crippen molar-refractivity contribution in [3.8, 4) is 5.75 Å². The van der Waals surface area contributed by atoms with Crippen LogP contribution in [-0.4, -0.2) is 19.6 Å². The molecule has 2 aromatic rings. The van der Waals surface area contributed by atoms with E-state index in [9.17, 15) is 26.0 Å². The standard InChI is InChI=1S/C15H11ClF4N2O3S/c1-9(21-25-12-5-3-11(17)4-6-12)13-8-10(16)2-7-14(13)22-26(23,24)15(18,19)20/h2-8,22H,1H3/b21-9+. The van der Waals surface area contributed by atoms with Crippen LogP contribution >= 0.6 is 11.6 Å². The van der Waals surface area contributed by atoms with Crippen molar-refractivity contribution in [3.05, 3.63) is 58.9 Å². The van der Waals surface area contributed by atoms with Crippen molar-refractivity contribution < 1.29 is 30.8 Å². The van der Waals surface area contributed by atoms with E-state index in [1.54, 1.807) is 0 Å². The Morgan fingerprint density at radius 1 is 1.15 bits per heavy atom. The van der Waals surface area contributed by atoms with Gasteiger partial charge >= 0.3 is 15.5 Å². The number of nitrogens with one attached hydrogen (secondary N) is 1. The number of hydrogen-bond acceptors (Lipinski definition) is 4. The average Bonchev–Trinajstić information content (AvgIpc) is 2.54. The molecule has 0 aromatic heterocycles. The molecule has 0 atom stereocenters. The maximum atomic E-state index is 12.8. The van der Waals surface area contributed by atoms with Crippen molar-refractivity contribution in [2.24, 2.45) is 5.16 Å². The summed E-state index contributed by atoms with van der Waals surface area (Å²) in [5.74, 6) is -0.318. The summed E-state index contributed by atoms with van der Waals surface area (Å²) in [6, 6.07) is 8.34. The highest BCUT2D eigenvalue weighted by atomic mass is 35.5. The highest BCUT2D eigenvalue weighted by Gasteiger charge is 2.46. The molecule has 140 valence electrons. The van der Waals surface area contributed by atoms with E-state index in [0.29, 0.717) is 0 Å². The number of sulfonamides is 1.